The number of benzene rings is 1. The second-order valence-corrected chi connectivity index (χ2v) is 7.93. The molecule has 0 atom stereocenters. The Morgan fingerprint density at radius 1 is 1.38 bits per heavy atom. The molecule has 0 fully saturated rings. The van der Waals surface area contributed by atoms with Gasteiger partial charge in [0, 0.05) is 11.4 Å². The van der Waals surface area contributed by atoms with Crippen molar-refractivity contribution in [3.05, 3.63) is 44.3 Å². The van der Waals surface area contributed by atoms with E-state index in [0.29, 0.717) is 17.8 Å². The monoisotopic (exact) mass is 392 g/mol. The lowest BCUT2D eigenvalue weighted by Gasteiger charge is -2.12. The van der Waals surface area contributed by atoms with Gasteiger partial charge in [-0.05, 0) is 59.0 Å². The summed E-state index contributed by atoms with van der Waals surface area (Å²) in [7, 11) is -1.94. The Bertz CT molecular complexity index is 760. The first-order chi connectivity index (χ1) is 9.85. The minimum absolute atomic E-state index is 0.214. The van der Waals surface area contributed by atoms with Gasteiger partial charge < -0.3 is 5.32 Å². The van der Waals surface area contributed by atoms with Crippen LogP contribution in [0, 0.1) is 12.7 Å². The lowest BCUT2D eigenvalue weighted by Crippen LogP contribution is -2.16. The molecule has 2 rings (SSSR count). The molecule has 1 aromatic heterocycles. The number of rotatable bonds is 5. The minimum Gasteiger partial charge on any atom is -0.315 e. The first kappa shape index (κ1) is 16.4. The van der Waals surface area contributed by atoms with Crippen molar-refractivity contribution in [2.45, 2.75) is 18.4 Å². The molecule has 8 heteroatoms. The van der Waals surface area contributed by atoms with Crippen molar-refractivity contribution in [3.63, 3.8) is 0 Å². The molecule has 2 N–H and O–H groups in total. The molecule has 0 aliphatic carbocycles. The van der Waals surface area contributed by atoms with Crippen LogP contribution in [0.25, 0.3) is 0 Å². The Hall–Kier alpha value is -0.960. The van der Waals surface area contributed by atoms with Gasteiger partial charge in [0.1, 0.15) is 10.7 Å². The number of thiophene rings is 1. The van der Waals surface area contributed by atoms with Gasteiger partial charge in [0.2, 0.25) is 0 Å². The van der Waals surface area contributed by atoms with Gasteiger partial charge in [0.15, 0.2) is 0 Å². The third-order valence-electron chi connectivity index (χ3n) is 2.84. The summed E-state index contributed by atoms with van der Waals surface area (Å²) in [6.45, 7) is 2.12. The Labute approximate surface area is 135 Å². The predicted molar refractivity (Wildman–Crippen MR) is 86.7 cm³/mol. The number of halogens is 2. The molecule has 0 radical (unpaired) electrons. The van der Waals surface area contributed by atoms with Crippen molar-refractivity contribution in [1.82, 2.24) is 5.32 Å². The highest BCUT2D eigenvalue weighted by atomic mass is 79.9. The topological polar surface area (TPSA) is 58.2 Å². The average Bonchev–Trinajstić information content (AvgIpc) is 2.85. The fourth-order valence-electron chi connectivity index (χ4n) is 1.81. The minimum atomic E-state index is -3.70. The number of nitrogens with one attached hydrogen (secondary N) is 2. The maximum Gasteiger partial charge on any atom is 0.263 e. The molecule has 1 aromatic carbocycles. The van der Waals surface area contributed by atoms with Gasteiger partial charge in [0.05, 0.1) is 10.2 Å². The molecule has 0 aliphatic rings. The van der Waals surface area contributed by atoms with Crippen molar-refractivity contribution in [2.24, 2.45) is 0 Å². The predicted octanol–water partition coefficient (Wildman–Crippen LogP) is 3.48. The summed E-state index contributed by atoms with van der Waals surface area (Å²) >= 11 is 4.43. The number of hydrogen-bond acceptors (Lipinski definition) is 4. The molecule has 0 saturated heterocycles. The summed E-state index contributed by atoms with van der Waals surface area (Å²) in [5.41, 5.74) is 0.870. The maximum absolute atomic E-state index is 13.4. The van der Waals surface area contributed by atoms with Crippen LogP contribution in [0.1, 0.15) is 10.4 Å². The van der Waals surface area contributed by atoms with E-state index in [9.17, 15) is 12.8 Å². The first-order valence-electron chi connectivity index (χ1n) is 6.04. The van der Waals surface area contributed by atoms with Gasteiger partial charge in [-0.15, -0.1) is 11.3 Å². The Balaban J connectivity index is 2.38. The van der Waals surface area contributed by atoms with Crippen molar-refractivity contribution < 1.29 is 12.8 Å². The fraction of sp³-hybridized carbons (Fsp3) is 0.231. The van der Waals surface area contributed by atoms with Gasteiger partial charge in [-0.1, -0.05) is 0 Å². The van der Waals surface area contributed by atoms with Crippen LogP contribution in [-0.4, -0.2) is 15.5 Å². The summed E-state index contributed by atoms with van der Waals surface area (Å²) in [5.74, 6) is -0.429. The summed E-state index contributed by atoms with van der Waals surface area (Å²) in [4.78, 5) is 0.963. The largest absolute Gasteiger partial charge is 0.315 e. The van der Waals surface area contributed by atoms with E-state index in [1.807, 2.05) is 0 Å². The second kappa shape index (κ2) is 6.43. The molecule has 0 saturated carbocycles. The Kier molecular flexibility index (Phi) is 5.03. The number of aryl methyl sites for hydroxylation is 1. The smallest absolute Gasteiger partial charge is 0.263 e. The zero-order chi connectivity index (χ0) is 15.6. The van der Waals surface area contributed by atoms with Gasteiger partial charge >= 0.3 is 0 Å². The van der Waals surface area contributed by atoms with Gasteiger partial charge in [-0.2, -0.15) is 0 Å². The molecular formula is C13H14BrFN2O2S2. The summed E-state index contributed by atoms with van der Waals surface area (Å²) in [6.07, 6.45) is 0. The van der Waals surface area contributed by atoms with Gasteiger partial charge in [0.25, 0.3) is 10.0 Å². The van der Waals surface area contributed by atoms with Crippen LogP contribution in [0.3, 0.4) is 0 Å². The molecule has 114 valence electrons. The highest BCUT2D eigenvalue weighted by molar-refractivity contribution is 9.10. The van der Waals surface area contributed by atoms with E-state index in [0.717, 1.165) is 4.88 Å². The number of hydrogen-bond donors (Lipinski definition) is 2. The lowest BCUT2D eigenvalue weighted by molar-refractivity contribution is 0.599. The van der Waals surface area contributed by atoms with Crippen LogP contribution in [-0.2, 0) is 16.6 Å². The molecule has 2 aromatic rings. The zero-order valence-corrected chi connectivity index (χ0v) is 14.6. The van der Waals surface area contributed by atoms with E-state index in [-0.39, 0.29) is 9.37 Å². The van der Waals surface area contributed by atoms with Crippen LogP contribution in [0.2, 0.25) is 0 Å². The normalized spacial score (nSPS) is 11.6. The summed E-state index contributed by atoms with van der Waals surface area (Å²) in [6, 6.07) is 4.27. The van der Waals surface area contributed by atoms with E-state index in [1.165, 1.54) is 23.5 Å². The molecule has 21 heavy (non-hydrogen) atoms. The van der Waals surface area contributed by atoms with Crippen LogP contribution >= 0.6 is 27.3 Å². The molecule has 0 amide bonds. The molecule has 0 aliphatic heterocycles. The van der Waals surface area contributed by atoms with E-state index in [4.69, 9.17) is 0 Å². The van der Waals surface area contributed by atoms with Gasteiger partial charge in [-0.3, -0.25) is 4.72 Å². The highest BCUT2D eigenvalue weighted by Gasteiger charge is 2.20. The fourth-order valence-corrected chi connectivity index (χ4v) is 4.74. The number of sulfonamides is 1. The molecule has 4 nitrogen and oxygen atoms in total. The van der Waals surface area contributed by atoms with E-state index in [2.05, 4.69) is 26.0 Å². The van der Waals surface area contributed by atoms with E-state index < -0.39 is 15.8 Å². The van der Waals surface area contributed by atoms with Crippen molar-refractivity contribution >= 4 is 43.0 Å². The molecule has 1 heterocycles. The molecule has 0 spiro atoms. The van der Waals surface area contributed by atoms with E-state index in [1.54, 1.807) is 25.4 Å². The van der Waals surface area contributed by atoms with Crippen LogP contribution in [0.15, 0.2) is 32.9 Å². The van der Waals surface area contributed by atoms with Crippen LogP contribution in [0.4, 0.5) is 10.1 Å². The van der Waals surface area contributed by atoms with Crippen LogP contribution < -0.4 is 10.0 Å². The van der Waals surface area contributed by atoms with Gasteiger partial charge in [-0.25, -0.2) is 12.8 Å². The quantitative estimate of drug-likeness (QED) is 0.818. The Morgan fingerprint density at radius 3 is 2.76 bits per heavy atom. The van der Waals surface area contributed by atoms with Crippen LogP contribution in [0.5, 0.6) is 0 Å². The molecule has 0 unspecified atom stereocenters. The summed E-state index contributed by atoms with van der Waals surface area (Å²) < 4.78 is 41.1. The summed E-state index contributed by atoms with van der Waals surface area (Å²) in [5, 5.41) is 4.67. The second-order valence-electron chi connectivity index (χ2n) is 4.43. The Morgan fingerprint density at radius 2 is 2.10 bits per heavy atom. The first-order valence-corrected chi connectivity index (χ1v) is 9.20. The lowest BCUT2D eigenvalue weighted by atomic mass is 10.2. The third kappa shape index (κ3) is 3.63. The third-order valence-corrected chi connectivity index (χ3v) is 5.95. The SMILES string of the molecule is CNCc1sccc1S(=O)(=O)Nc1cc(Br)c(F)cc1C. The zero-order valence-electron chi connectivity index (χ0n) is 11.4. The highest BCUT2D eigenvalue weighted by Crippen LogP contribution is 2.28. The number of anilines is 1. The molecule has 0 bridgehead atoms. The molecular weight excluding hydrogens is 379 g/mol. The van der Waals surface area contributed by atoms with Crippen molar-refractivity contribution in [2.75, 3.05) is 11.8 Å². The van der Waals surface area contributed by atoms with Crippen molar-refractivity contribution in [1.29, 1.82) is 0 Å². The standard InChI is InChI=1S/C13H14BrFN2O2S2/c1-8-5-10(15)9(14)6-11(8)17-21(18,19)13-3-4-20-12(13)7-16-2/h3-6,16-17H,7H2,1-2H3. The maximum atomic E-state index is 13.4. The van der Waals surface area contributed by atoms with Crippen molar-refractivity contribution in [3.8, 4) is 0 Å². The average molecular weight is 393 g/mol. The van der Waals surface area contributed by atoms with E-state index >= 15 is 0 Å².